The van der Waals surface area contributed by atoms with Crippen LogP contribution in [0.15, 0.2) is 65.3 Å². The van der Waals surface area contributed by atoms with E-state index in [0.717, 1.165) is 45.3 Å². The van der Waals surface area contributed by atoms with Crippen molar-refractivity contribution < 1.29 is 13.2 Å². The van der Waals surface area contributed by atoms with Gasteiger partial charge in [-0.15, -0.1) is 11.3 Å². The number of hydrogen-bond acceptors (Lipinski definition) is 7. The average molecular weight is 500 g/mol. The third kappa shape index (κ3) is 4.41. The lowest BCUT2D eigenvalue weighted by Crippen LogP contribution is -2.38. The molecule has 1 aromatic carbocycles. The minimum absolute atomic E-state index is 0.0809. The second kappa shape index (κ2) is 9.26. The van der Waals surface area contributed by atoms with E-state index >= 15 is 0 Å². The van der Waals surface area contributed by atoms with Gasteiger partial charge in [-0.3, -0.25) is 9.36 Å². The highest BCUT2D eigenvalue weighted by Gasteiger charge is 2.31. The van der Waals surface area contributed by atoms with Crippen LogP contribution in [0.25, 0.3) is 16.9 Å². The first kappa shape index (κ1) is 22.1. The number of hydrogen-bond donors (Lipinski definition) is 1. The minimum atomic E-state index is -3.68. The Kier molecular flexibility index (Phi) is 6.19. The highest BCUT2D eigenvalue weighted by Crippen LogP contribution is 2.27. The number of thiophene rings is 1. The Labute approximate surface area is 199 Å². The molecule has 0 saturated carbocycles. The molecule has 1 fully saturated rings. The molecule has 4 aromatic rings. The van der Waals surface area contributed by atoms with Gasteiger partial charge < -0.3 is 5.32 Å². The van der Waals surface area contributed by atoms with Crippen LogP contribution >= 0.6 is 23.1 Å². The normalized spacial score (nSPS) is 15.0. The first-order valence-electron chi connectivity index (χ1n) is 10.3. The van der Waals surface area contributed by atoms with Crippen LogP contribution in [0.2, 0.25) is 0 Å². The molecule has 1 amide bonds. The number of carbonyl (C=O) groups is 1. The van der Waals surface area contributed by atoms with Crippen molar-refractivity contribution >= 4 is 50.1 Å². The van der Waals surface area contributed by atoms with E-state index < -0.39 is 15.9 Å². The standard InChI is InChI=1S/C22H21N5O3S3/c28-22(21-19(7-10-32-21)33(29,30)26-8-11-31-12-9-26)24-14-16-5-6-20(23-13-16)27-15-25-17-3-1-2-4-18(17)27/h1-7,10,13,15H,8-9,11-12,14H2,(H,24,28). The fraction of sp³-hybridized carbons (Fsp3) is 0.227. The number of carbonyl (C=O) groups excluding carboxylic acids is 1. The highest BCUT2D eigenvalue weighted by molar-refractivity contribution is 7.99. The van der Waals surface area contributed by atoms with E-state index in [1.54, 1.807) is 29.7 Å². The van der Waals surface area contributed by atoms with E-state index in [4.69, 9.17) is 0 Å². The van der Waals surface area contributed by atoms with Crippen molar-refractivity contribution in [2.45, 2.75) is 11.4 Å². The van der Waals surface area contributed by atoms with Gasteiger partial charge in [0.05, 0.1) is 11.0 Å². The van der Waals surface area contributed by atoms with Crippen molar-refractivity contribution in [3.8, 4) is 5.82 Å². The van der Waals surface area contributed by atoms with Crippen LogP contribution in [0.5, 0.6) is 0 Å². The van der Waals surface area contributed by atoms with Crippen molar-refractivity contribution in [1.29, 1.82) is 0 Å². The van der Waals surface area contributed by atoms with E-state index in [2.05, 4.69) is 15.3 Å². The Bertz CT molecular complexity index is 1390. The van der Waals surface area contributed by atoms with Gasteiger partial charge in [-0.2, -0.15) is 16.1 Å². The van der Waals surface area contributed by atoms with Crippen molar-refractivity contribution in [2.24, 2.45) is 0 Å². The zero-order chi connectivity index (χ0) is 22.8. The average Bonchev–Trinajstić information content (AvgIpc) is 3.52. The van der Waals surface area contributed by atoms with Crippen LogP contribution in [-0.2, 0) is 16.6 Å². The number of para-hydroxylation sites is 2. The fourth-order valence-electron chi connectivity index (χ4n) is 3.66. The van der Waals surface area contributed by atoms with Crippen molar-refractivity contribution in [3.05, 3.63) is 70.8 Å². The maximum absolute atomic E-state index is 13.0. The number of pyridine rings is 1. The summed E-state index contributed by atoms with van der Waals surface area (Å²) in [4.78, 5) is 22.0. The molecular weight excluding hydrogens is 478 g/mol. The molecule has 0 atom stereocenters. The third-order valence-corrected chi connectivity index (χ3v) is 9.31. The molecule has 1 N–H and O–H groups in total. The van der Waals surface area contributed by atoms with Crippen LogP contribution in [0.1, 0.15) is 15.2 Å². The minimum Gasteiger partial charge on any atom is -0.347 e. The van der Waals surface area contributed by atoms with Gasteiger partial charge in [0.2, 0.25) is 10.0 Å². The van der Waals surface area contributed by atoms with Gasteiger partial charge in [0.15, 0.2) is 0 Å². The monoisotopic (exact) mass is 499 g/mol. The number of sulfonamides is 1. The summed E-state index contributed by atoms with van der Waals surface area (Å²) < 4.78 is 29.4. The molecule has 0 radical (unpaired) electrons. The summed E-state index contributed by atoms with van der Waals surface area (Å²) in [5, 5.41) is 4.47. The van der Waals surface area contributed by atoms with Crippen LogP contribution in [-0.4, -0.2) is 57.8 Å². The molecule has 3 aromatic heterocycles. The predicted octanol–water partition coefficient (Wildman–Crippen LogP) is 3.15. The van der Waals surface area contributed by atoms with E-state index in [1.165, 1.54) is 10.4 Å². The van der Waals surface area contributed by atoms with Crippen LogP contribution in [0.4, 0.5) is 0 Å². The first-order valence-corrected chi connectivity index (χ1v) is 13.8. The molecular formula is C22H21N5O3S3. The number of thioether (sulfide) groups is 1. The molecule has 11 heteroatoms. The lowest BCUT2D eigenvalue weighted by molar-refractivity contribution is 0.0952. The smallest absolute Gasteiger partial charge is 0.263 e. The Morgan fingerprint density at radius 1 is 1.06 bits per heavy atom. The van der Waals surface area contributed by atoms with Gasteiger partial charge in [0.1, 0.15) is 21.9 Å². The molecule has 0 spiro atoms. The molecule has 0 unspecified atom stereocenters. The molecule has 1 aliphatic rings. The van der Waals surface area contributed by atoms with Gasteiger partial charge in [-0.1, -0.05) is 18.2 Å². The summed E-state index contributed by atoms with van der Waals surface area (Å²) >= 11 is 2.87. The summed E-state index contributed by atoms with van der Waals surface area (Å²) in [5.74, 6) is 1.86. The maximum atomic E-state index is 13.0. The molecule has 8 nitrogen and oxygen atoms in total. The molecule has 1 saturated heterocycles. The van der Waals surface area contributed by atoms with Crippen molar-refractivity contribution in [2.75, 3.05) is 24.6 Å². The molecule has 170 valence electrons. The number of rotatable bonds is 6. The number of aromatic nitrogens is 3. The van der Waals surface area contributed by atoms with Crippen molar-refractivity contribution in [3.63, 3.8) is 0 Å². The zero-order valence-corrected chi connectivity index (χ0v) is 20.0. The molecule has 0 aliphatic carbocycles. The SMILES string of the molecule is O=C(NCc1ccc(-n2cnc3ccccc32)nc1)c1sccc1S(=O)(=O)N1CCSCC1. The second-order valence-electron chi connectivity index (χ2n) is 7.44. The summed E-state index contributed by atoms with van der Waals surface area (Å²) in [6.07, 6.45) is 3.43. The van der Waals surface area contributed by atoms with E-state index in [1.807, 2.05) is 41.0 Å². The second-order valence-corrected chi connectivity index (χ2v) is 11.5. The first-order chi connectivity index (χ1) is 16.0. The Morgan fingerprint density at radius 2 is 1.88 bits per heavy atom. The third-order valence-electron chi connectivity index (χ3n) is 5.39. The fourth-order valence-corrected chi connectivity index (χ4v) is 7.55. The Morgan fingerprint density at radius 3 is 2.67 bits per heavy atom. The van der Waals surface area contributed by atoms with Gasteiger partial charge in [-0.25, -0.2) is 18.4 Å². The van der Waals surface area contributed by atoms with Gasteiger partial charge in [-0.05, 0) is 35.2 Å². The summed E-state index contributed by atoms with van der Waals surface area (Å²) in [6.45, 7) is 1.18. The summed E-state index contributed by atoms with van der Waals surface area (Å²) in [5.41, 5.74) is 2.66. The van der Waals surface area contributed by atoms with Crippen LogP contribution in [0.3, 0.4) is 0 Å². The number of nitrogens with one attached hydrogen (secondary N) is 1. The topological polar surface area (TPSA) is 97.2 Å². The number of amides is 1. The predicted molar refractivity (Wildman–Crippen MR) is 130 cm³/mol. The lowest BCUT2D eigenvalue weighted by atomic mass is 10.2. The lowest BCUT2D eigenvalue weighted by Gasteiger charge is -2.25. The number of nitrogens with zero attached hydrogens (tertiary/aromatic N) is 4. The van der Waals surface area contributed by atoms with Gasteiger partial charge in [0.25, 0.3) is 5.91 Å². The van der Waals surface area contributed by atoms with Gasteiger partial charge >= 0.3 is 0 Å². The molecule has 1 aliphatic heterocycles. The summed E-state index contributed by atoms with van der Waals surface area (Å²) in [6, 6.07) is 13.1. The van der Waals surface area contributed by atoms with Crippen LogP contribution in [0, 0.1) is 0 Å². The van der Waals surface area contributed by atoms with E-state index in [-0.39, 0.29) is 16.3 Å². The molecule has 4 heterocycles. The quantitative estimate of drug-likeness (QED) is 0.438. The van der Waals surface area contributed by atoms with Crippen LogP contribution < -0.4 is 5.32 Å². The highest BCUT2D eigenvalue weighted by atomic mass is 32.2. The Balaban J connectivity index is 1.28. The van der Waals surface area contributed by atoms with Gasteiger partial charge in [0, 0.05) is 37.3 Å². The number of benzene rings is 1. The van der Waals surface area contributed by atoms with Crippen molar-refractivity contribution in [1.82, 2.24) is 24.2 Å². The Hall–Kier alpha value is -2.73. The zero-order valence-electron chi connectivity index (χ0n) is 17.5. The number of fused-ring (bicyclic) bond motifs is 1. The molecule has 0 bridgehead atoms. The van der Waals surface area contributed by atoms with E-state index in [0.29, 0.717) is 13.1 Å². The van der Waals surface area contributed by atoms with E-state index in [9.17, 15) is 13.2 Å². The maximum Gasteiger partial charge on any atom is 0.263 e. The number of imidazole rings is 1. The largest absolute Gasteiger partial charge is 0.347 e. The molecule has 5 rings (SSSR count). The summed E-state index contributed by atoms with van der Waals surface area (Å²) in [7, 11) is -3.68. The molecule has 33 heavy (non-hydrogen) atoms.